The van der Waals surface area contributed by atoms with Crippen LogP contribution in [0.15, 0.2) is 24.3 Å². The molecule has 0 aliphatic carbocycles. The molecule has 0 aromatic heterocycles. The molecule has 82 valence electrons. The van der Waals surface area contributed by atoms with Gasteiger partial charge in [-0.1, -0.05) is 19.1 Å². The number of nitrogens with one attached hydrogen (secondary N) is 1. The monoisotopic (exact) mass is 204 g/mol. The van der Waals surface area contributed by atoms with Gasteiger partial charge in [0.2, 0.25) is 0 Å². The van der Waals surface area contributed by atoms with Crippen LogP contribution in [0.25, 0.3) is 0 Å². The molecule has 0 spiro atoms. The van der Waals surface area contributed by atoms with Gasteiger partial charge in [-0.3, -0.25) is 0 Å². The van der Waals surface area contributed by atoms with Crippen molar-refractivity contribution in [2.24, 2.45) is 0 Å². The summed E-state index contributed by atoms with van der Waals surface area (Å²) < 4.78 is 0. The zero-order valence-corrected chi connectivity index (χ0v) is 9.50. The number of hydrogen-bond donors (Lipinski definition) is 1. The number of anilines is 1. The largest absolute Gasteiger partial charge is 0.372 e. The third-order valence-corrected chi connectivity index (χ3v) is 2.99. The van der Waals surface area contributed by atoms with Crippen LogP contribution in [0.5, 0.6) is 0 Å². The summed E-state index contributed by atoms with van der Waals surface area (Å²) in [5.41, 5.74) is 2.76. The van der Waals surface area contributed by atoms with E-state index in [9.17, 15) is 0 Å². The molecule has 1 aliphatic heterocycles. The molecule has 1 N–H and O–H groups in total. The minimum Gasteiger partial charge on any atom is -0.372 e. The normalized spacial score (nSPS) is 15.9. The quantitative estimate of drug-likeness (QED) is 0.810. The standard InChI is InChI=1S/C13H20N2/c1-2-14-11-12-5-7-13(8-6-12)15-9-3-4-10-15/h5-8,14H,2-4,9-11H2,1H3. The van der Waals surface area contributed by atoms with Crippen LogP contribution in [0.1, 0.15) is 25.3 Å². The van der Waals surface area contributed by atoms with E-state index in [1.165, 1.54) is 37.2 Å². The lowest BCUT2D eigenvalue weighted by atomic mass is 10.2. The van der Waals surface area contributed by atoms with E-state index in [4.69, 9.17) is 0 Å². The van der Waals surface area contributed by atoms with Gasteiger partial charge in [-0.05, 0) is 37.1 Å². The second-order valence-corrected chi connectivity index (χ2v) is 4.14. The first-order valence-corrected chi connectivity index (χ1v) is 5.95. The predicted molar refractivity (Wildman–Crippen MR) is 65.3 cm³/mol. The van der Waals surface area contributed by atoms with Crippen molar-refractivity contribution in [2.45, 2.75) is 26.3 Å². The van der Waals surface area contributed by atoms with Crippen molar-refractivity contribution in [1.82, 2.24) is 5.32 Å². The Morgan fingerprint density at radius 3 is 2.40 bits per heavy atom. The van der Waals surface area contributed by atoms with E-state index in [0.717, 1.165) is 13.1 Å². The van der Waals surface area contributed by atoms with E-state index in [1.807, 2.05) is 0 Å². The van der Waals surface area contributed by atoms with Crippen LogP contribution in [0.2, 0.25) is 0 Å². The van der Waals surface area contributed by atoms with Gasteiger partial charge in [0.1, 0.15) is 0 Å². The van der Waals surface area contributed by atoms with Crippen molar-refractivity contribution in [3.8, 4) is 0 Å². The topological polar surface area (TPSA) is 15.3 Å². The Kier molecular flexibility index (Phi) is 3.62. The Hall–Kier alpha value is -1.02. The van der Waals surface area contributed by atoms with Gasteiger partial charge in [0, 0.05) is 25.3 Å². The molecule has 0 atom stereocenters. The summed E-state index contributed by atoms with van der Waals surface area (Å²) in [5, 5.41) is 3.34. The number of nitrogens with zero attached hydrogens (tertiary/aromatic N) is 1. The fourth-order valence-electron chi connectivity index (χ4n) is 2.07. The van der Waals surface area contributed by atoms with Crippen LogP contribution in [0, 0.1) is 0 Å². The molecule has 2 nitrogen and oxygen atoms in total. The molecule has 0 unspecified atom stereocenters. The third kappa shape index (κ3) is 2.72. The zero-order valence-electron chi connectivity index (χ0n) is 9.50. The van der Waals surface area contributed by atoms with Gasteiger partial charge in [-0.2, -0.15) is 0 Å². The lowest BCUT2D eigenvalue weighted by molar-refractivity contribution is 0.727. The summed E-state index contributed by atoms with van der Waals surface area (Å²) in [6.45, 7) is 6.61. The first kappa shape index (κ1) is 10.5. The van der Waals surface area contributed by atoms with Crippen molar-refractivity contribution in [3.05, 3.63) is 29.8 Å². The highest BCUT2D eigenvalue weighted by Crippen LogP contribution is 2.20. The second-order valence-electron chi connectivity index (χ2n) is 4.14. The van der Waals surface area contributed by atoms with Gasteiger partial charge in [0.05, 0.1) is 0 Å². The molecule has 0 amide bonds. The van der Waals surface area contributed by atoms with Crippen molar-refractivity contribution in [2.75, 3.05) is 24.5 Å². The molecule has 2 heteroatoms. The van der Waals surface area contributed by atoms with Crippen LogP contribution < -0.4 is 10.2 Å². The predicted octanol–water partition coefficient (Wildman–Crippen LogP) is 2.40. The smallest absolute Gasteiger partial charge is 0.0366 e. The first-order chi connectivity index (χ1) is 7.40. The van der Waals surface area contributed by atoms with Crippen LogP contribution >= 0.6 is 0 Å². The van der Waals surface area contributed by atoms with Gasteiger partial charge >= 0.3 is 0 Å². The third-order valence-electron chi connectivity index (χ3n) is 2.99. The van der Waals surface area contributed by atoms with Gasteiger partial charge in [-0.15, -0.1) is 0 Å². The van der Waals surface area contributed by atoms with E-state index < -0.39 is 0 Å². The van der Waals surface area contributed by atoms with E-state index in [-0.39, 0.29) is 0 Å². The molecule has 0 radical (unpaired) electrons. The summed E-state index contributed by atoms with van der Waals surface area (Å²) >= 11 is 0. The van der Waals surface area contributed by atoms with E-state index in [0.29, 0.717) is 0 Å². The molecule has 1 aromatic carbocycles. The molecule has 1 aromatic rings. The van der Waals surface area contributed by atoms with E-state index in [2.05, 4.69) is 41.4 Å². The molecule has 0 saturated carbocycles. The summed E-state index contributed by atoms with van der Waals surface area (Å²) in [4.78, 5) is 2.47. The van der Waals surface area contributed by atoms with Crippen molar-refractivity contribution in [1.29, 1.82) is 0 Å². The lowest BCUT2D eigenvalue weighted by Crippen LogP contribution is -2.17. The Morgan fingerprint density at radius 1 is 1.13 bits per heavy atom. The van der Waals surface area contributed by atoms with E-state index >= 15 is 0 Å². The zero-order chi connectivity index (χ0) is 10.5. The lowest BCUT2D eigenvalue weighted by Gasteiger charge is -2.17. The molecular formula is C13H20N2. The Bertz CT molecular complexity index is 286. The van der Waals surface area contributed by atoms with Crippen LogP contribution in [0.4, 0.5) is 5.69 Å². The summed E-state index contributed by atoms with van der Waals surface area (Å²) in [6, 6.07) is 8.96. The molecule has 1 aliphatic rings. The average Bonchev–Trinajstić information content (AvgIpc) is 2.80. The van der Waals surface area contributed by atoms with Gasteiger partial charge in [0.25, 0.3) is 0 Å². The molecular weight excluding hydrogens is 184 g/mol. The number of benzene rings is 1. The van der Waals surface area contributed by atoms with Gasteiger partial charge in [-0.25, -0.2) is 0 Å². The summed E-state index contributed by atoms with van der Waals surface area (Å²) in [5.74, 6) is 0. The minimum atomic E-state index is 0.983. The Morgan fingerprint density at radius 2 is 1.80 bits per heavy atom. The SMILES string of the molecule is CCNCc1ccc(N2CCCC2)cc1. The van der Waals surface area contributed by atoms with Crippen LogP contribution in [-0.4, -0.2) is 19.6 Å². The maximum absolute atomic E-state index is 3.34. The highest BCUT2D eigenvalue weighted by atomic mass is 15.1. The highest BCUT2D eigenvalue weighted by molar-refractivity contribution is 5.48. The molecule has 15 heavy (non-hydrogen) atoms. The first-order valence-electron chi connectivity index (χ1n) is 5.95. The minimum absolute atomic E-state index is 0.983. The molecule has 0 bridgehead atoms. The van der Waals surface area contributed by atoms with Gasteiger partial charge in [0.15, 0.2) is 0 Å². The number of hydrogen-bond acceptors (Lipinski definition) is 2. The number of rotatable bonds is 4. The average molecular weight is 204 g/mol. The molecule has 1 heterocycles. The summed E-state index contributed by atoms with van der Waals surface area (Å²) in [6.07, 6.45) is 2.69. The molecule has 1 fully saturated rings. The fourth-order valence-corrected chi connectivity index (χ4v) is 2.07. The van der Waals surface area contributed by atoms with E-state index in [1.54, 1.807) is 0 Å². The Balaban J connectivity index is 1.96. The maximum atomic E-state index is 3.34. The van der Waals surface area contributed by atoms with Crippen molar-refractivity contribution >= 4 is 5.69 Å². The second kappa shape index (κ2) is 5.17. The van der Waals surface area contributed by atoms with Crippen LogP contribution in [-0.2, 0) is 6.54 Å². The fraction of sp³-hybridized carbons (Fsp3) is 0.538. The Labute approximate surface area is 92.3 Å². The molecule has 1 saturated heterocycles. The van der Waals surface area contributed by atoms with Crippen molar-refractivity contribution < 1.29 is 0 Å². The molecule has 2 rings (SSSR count). The summed E-state index contributed by atoms with van der Waals surface area (Å²) in [7, 11) is 0. The van der Waals surface area contributed by atoms with Crippen LogP contribution in [0.3, 0.4) is 0 Å². The van der Waals surface area contributed by atoms with Crippen molar-refractivity contribution in [3.63, 3.8) is 0 Å². The van der Waals surface area contributed by atoms with Gasteiger partial charge < -0.3 is 10.2 Å². The maximum Gasteiger partial charge on any atom is 0.0366 e. The highest BCUT2D eigenvalue weighted by Gasteiger charge is 2.11.